The zero-order valence-corrected chi connectivity index (χ0v) is 15.7. The molecule has 2 N–H and O–H groups in total. The Hall–Kier alpha value is -2.73. The molecule has 6 nitrogen and oxygen atoms in total. The number of amides is 2. The quantitative estimate of drug-likeness (QED) is 0.764. The van der Waals surface area contributed by atoms with Crippen LogP contribution in [-0.2, 0) is 9.59 Å². The van der Waals surface area contributed by atoms with Crippen molar-refractivity contribution in [1.82, 2.24) is 10.2 Å². The van der Waals surface area contributed by atoms with Gasteiger partial charge in [0.05, 0.1) is 23.8 Å². The summed E-state index contributed by atoms with van der Waals surface area (Å²) in [5.74, 6) is 0.805. The van der Waals surface area contributed by atoms with Gasteiger partial charge < -0.3 is 20.3 Å². The van der Waals surface area contributed by atoms with E-state index in [9.17, 15) is 9.59 Å². The molecule has 0 atom stereocenters. The molecule has 1 saturated heterocycles. The number of carbonyl (C=O) groups excluding carboxylic acids is 2. The van der Waals surface area contributed by atoms with Gasteiger partial charge in [0.15, 0.2) is 5.75 Å². The third kappa shape index (κ3) is 5.37. The van der Waals surface area contributed by atoms with E-state index >= 15 is 0 Å². The van der Waals surface area contributed by atoms with Gasteiger partial charge in [-0.05, 0) is 37.1 Å². The van der Waals surface area contributed by atoms with Gasteiger partial charge in [-0.3, -0.25) is 9.59 Å². The summed E-state index contributed by atoms with van der Waals surface area (Å²) in [5.41, 5.74) is 0.665. The molecule has 0 saturated carbocycles. The third-order valence-electron chi connectivity index (χ3n) is 4.28. The van der Waals surface area contributed by atoms with E-state index in [1.54, 1.807) is 23.1 Å². The molecule has 1 fully saturated rings. The number of anilines is 1. The van der Waals surface area contributed by atoms with Crippen LogP contribution in [-0.4, -0.2) is 42.9 Å². The number of benzene rings is 2. The lowest BCUT2D eigenvalue weighted by Crippen LogP contribution is -2.40. The lowest BCUT2D eigenvalue weighted by molar-refractivity contribution is -0.131. The number of rotatable bonds is 7. The second-order valence-corrected chi connectivity index (χ2v) is 6.65. The second kappa shape index (κ2) is 9.28. The van der Waals surface area contributed by atoms with Gasteiger partial charge in [-0.15, -0.1) is 0 Å². The molecule has 27 heavy (non-hydrogen) atoms. The SMILES string of the molecule is O=C(CNc1ccccc1Oc1ccccc1Cl)NCC(=O)N1CCCC1. The van der Waals surface area contributed by atoms with Crippen molar-refractivity contribution < 1.29 is 14.3 Å². The highest BCUT2D eigenvalue weighted by molar-refractivity contribution is 6.32. The zero-order chi connectivity index (χ0) is 19.1. The topological polar surface area (TPSA) is 70.7 Å². The Morgan fingerprint density at radius 2 is 1.63 bits per heavy atom. The van der Waals surface area contributed by atoms with Crippen LogP contribution in [0.15, 0.2) is 48.5 Å². The summed E-state index contributed by atoms with van der Waals surface area (Å²) in [6.45, 7) is 1.62. The molecule has 0 aromatic heterocycles. The predicted molar refractivity (Wildman–Crippen MR) is 105 cm³/mol. The molecule has 0 radical (unpaired) electrons. The van der Waals surface area contributed by atoms with Crippen LogP contribution >= 0.6 is 11.6 Å². The third-order valence-corrected chi connectivity index (χ3v) is 4.59. The van der Waals surface area contributed by atoms with Crippen LogP contribution in [0.25, 0.3) is 0 Å². The Balaban J connectivity index is 1.52. The van der Waals surface area contributed by atoms with Gasteiger partial charge in [0.1, 0.15) is 5.75 Å². The van der Waals surface area contributed by atoms with E-state index in [0.717, 1.165) is 25.9 Å². The lowest BCUT2D eigenvalue weighted by Gasteiger charge is -2.16. The maximum absolute atomic E-state index is 12.1. The van der Waals surface area contributed by atoms with Crippen LogP contribution in [0.4, 0.5) is 5.69 Å². The maximum atomic E-state index is 12.1. The molecule has 0 bridgehead atoms. The first-order valence-electron chi connectivity index (χ1n) is 8.93. The number of likely N-dealkylation sites (tertiary alicyclic amines) is 1. The summed E-state index contributed by atoms with van der Waals surface area (Å²) in [4.78, 5) is 25.8. The Morgan fingerprint density at radius 1 is 0.963 bits per heavy atom. The molecular weight excluding hydrogens is 366 g/mol. The summed E-state index contributed by atoms with van der Waals surface area (Å²) in [7, 11) is 0. The van der Waals surface area contributed by atoms with Crippen LogP contribution in [0.3, 0.4) is 0 Å². The second-order valence-electron chi connectivity index (χ2n) is 6.25. The van der Waals surface area contributed by atoms with Gasteiger partial charge in [0.2, 0.25) is 11.8 Å². The standard InChI is InChI=1S/C20H22ClN3O3/c21-15-7-1-3-9-17(15)27-18-10-4-2-8-16(18)22-13-19(25)23-14-20(26)24-11-5-6-12-24/h1-4,7-10,22H,5-6,11-14H2,(H,23,25). The van der Waals surface area contributed by atoms with Crippen molar-refractivity contribution in [3.05, 3.63) is 53.6 Å². The number of ether oxygens (including phenoxy) is 1. The zero-order valence-electron chi connectivity index (χ0n) is 14.9. The number of hydrogen-bond donors (Lipinski definition) is 2. The molecule has 1 aliphatic rings. The largest absolute Gasteiger partial charge is 0.454 e. The van der Waals surface area contributed by atoms with Crippen LogP contribution in [0, 0.1) is 0 Å². The van der Waals surface area contributed by atoms with Crippen molar-refractivity contribution in [1.29, 1.82) is 0 Å². The number of nitrogens with zero attached hydrogens (tertiary/aromatic N) is 1. The normalized spacial score (nSPS) is 13.3. The van der Waals surface area contributed by atoms with E-state index < -0.39 is 0 Å². The number of carbonyl (C=O) groups is 2. The first-order chi connectivity index (χ1) is 13.1. The molecule has 2 aromatic carbocycles. The summed E-state index contributed by atoms with van der Waals surface area (Å²) < 4.78 is 5.85. The average molecular weight is 388 g/mol. The lowest BCUT2D eigenvalue weighted by atomic mass is 10.3. The van der Waals surface area contributed by atoms with E-state index in [1.807, 2.05) is 30.3 Å². The molecule has 1 heterocycles. The molecule has 0 aliphatic carbocycles. The van der Waals surface area contributed by atoms with Crippen molar-refractivity contribution in [3.8, 4) is 11.5 Å². The molecular formula is C20H22ClN3O3. The Kier molecular flexibility index (Phi) is 6.54. The number of hydrogen-bond acceptors (Lipinski definition) is 4. The van der Waals surface area contributed by atoms with Crippen molar-refractivity contribution in [3.63, 3.8) is 0 Å². The van der Waals surface area contributed by atoms with Gasteiger partial charge in [0.25, 0.3) is 0 Å². The highest BCUT2D eigenvalue weighted by Gasteiger charge is 2.18. The highest BCUT2D eigenvalue weighted by atomic mass is 35.5. The fourth-order valence-electron chi connectivity index (χ4n) is 2.84. The minimum Gasteiger partial charge on any atom is -0.454 e. The van der Waals surface area contributed by atoms with Gasteiger partial charge in [-0.2, -0.15) is 0 Å². The molecule has 0 spiro atoms. The molecule has 0 unspecified atom stereocenters. The summed E-state index contributed by atoms with van der Waals surface area (Å²) >= 11 is 6.13. The van der Waals surface area contributed by atoms with Gasteiger partial charge in [0, 0.05) is 13.1 Å². The summed E-state index contributed by atoms with van der Waals surface area (Å²) in [5, 5.41) is 6.20. The predicted octanol–water partition coefficient (Wildman–Crippen LogP) is 3.28. The van der Waals surface area contributed by atoms with E-state index in [2.05, 4.69) is 10.6 Å². The van der Waals surface area contributed by atoms with Crippen LogP contribution in [0.1, 0.15) is 12.8 Å². The van der Waals surface area contributed by atoms with E-state index in [0.29, 0.717) is 22.2 Å². The van der Waals surface area contributed by atoms with Crippen LogP contribution in [0.5, 0.6) is 11.5 Å². The Bertz CT molecular complexity index is 807. The first-order valence-corrected chi connectivity index (χ1v) is 9.31. The van der Waals surface area contributed by atoms with Crippen molar-refractivity contribution in [2.75, 3.05) is 31.5 Å². The molecule has 2 aromatic rings. The monoisotopic (exact) mass is 387 g/mol. The number of para-hydroxylation sites is 3. The van der Waals surface area contributed by atoms with E-state index in [-0.39, 0.29) is 24.9 Å². The fraction of sp³-hybridized carbons (Fsp3) is 0.300. The molecule has 142 valence electrons. The van der Waals surface area contributed by atoms with Crippen LogP contribution < -0.4 is 15.4 Å². The molecule has 2 amide bonds. The number of nitrogens with one attached hydrogen (secondary N) is 2. The van der Waals surface area contributed by atoms with Crippen molar-refractivity contribution >= 4 is 29.1 Å². The van der Waals surface area contributed by atoms with Gasteiger partial charge in [-0.25, -0.2) is 0 Å². The molecule has 7 heteroatoms. The highest BCUT2D eigenvalue weighted by Crippen LogP contribution is 2.33. The van der Waals surface area contributed by atoms with E-state index in [4.69, 9.17) is 16.3 Å². The molecule has 3 rings (SSSR count). The minimum atomic E-state index is -0.255. The summed E-state index contributed by atoms with van der Waals surface area (Å²) in [6, 6.07) is 14.5. The smallest absolute Gasteiger partial charge is 0.241 e. The Morgan fingerprint density at radius 3 is 2.37 bits per heavy atom. The summed E-state index contributed by atoms with van der Waals surface area (Å²) in [6.07, 6.45) is 2.06. The van der Waals surface area contributed by atoms with Crippen molar-refractivity contribution in [2.45, 2.75) is 12.8 Å². The average Bonchev–Trinajstić information content (AvgIpc) is 3.22. The van der Waals surface area contributed by atoms with Crippen molar-refractivity contribution in [2.24, 2.45) is 0 Å². The maximum Gasteiger partial charge on any atom is 0.241 e. The molecule has 1 aliphatic heterocycles. The number of halogens is 1. The Labute approximate surface area is 163 Å². The van der Waals surface area contributed by atoms with E-state index in [1.165, 1.54) is 0 Å². The van der Waals surface area contributed by atoms with Crippen LogP contribution in [0.2, 0.25) is 5.02 Å². The fourth-order valence-corrected chi connectivity index (χ4v) is 3.01. The van der Waals surface area contributed by atoms with Gasteiger partial charge in [-0.1, -0.05) is 35.9 Å². The van der Waals surface area contributed by atoms with Gasteiger partial charge >= 0.3 is 0 Å². The first kappa shape index (κ1) is 19.0. The minimum absolute atomic E-state index is 0.0261.